The van der Waals surface area contributed by atoms with Gasteiger partial charge in [-0.3, -0.25) is 9.89 Å². The van der Waals surface area contributed by atoms with Crippen LogP contribution in [0.25, 0.3) is 22.4 Å². The largest absolute Gasteiger partial charge is 0.497 e. The number of ether oxygens (including phenoxy) is 2. The van der Waals surface area contributed by atoms with E-state index in [9.17, 15) is 14.9 Å². The number of hydrogen-bond donors (Lipinski definition) is 2. The summed E-state index contributed by atoms with van der Waals surface area (Å²) < 4.78 is 10.1. The van der Waals surface area contributed by atoms with Gasteiger partial charge in [-0.25, -0.2) is 4.79 Å². The molecular weight excluding hydrogens is 454 g/mol. The molecule has 2 heterocycles. The summed E-state index contributed by atoms with van der Waals surface area (Å²) >= 11 is 1.29. The van der Waals surface area contributed by atoms with Gasteiger partial charge in [0.25, 0.3) is 5.91 Å². The first kappa shape index (κ1) is 22.7. The van der Waals surface area contributed by atoms with E-state index in [0.29, 0.717) is 27.6 Å². The molecule has 4 rings (SSSR count). The summed E-state index contributed by atoms with van der Waals surface area (Å²) in [5, 5.41) is 23.2. The molecule has 0 saturated carbocycles. The maximum absolute atomic E-state index is 13.2. The lowest BCUT2D eigenvalue weighted by molar-refractivity contribution is 0.0597. The molecule has 0 saturated heterocycles. The Morgan fingerprint density at radius 2 is 1.82 bits per heavy atom. The second-order valence-corrected chi connectivity index (χ2v) is 8.38. The number of thiophene rings is 1. The normalized spacial score (nSPS) is 10.4. The number of aryl methyl sites for hydroxylation is 1. The number of nitrogens with one attached hydrogen (secondary N) is 2. The van der Waals surface area contributed by atoms with Crippen molar-refractivity contribution in [3.05, 3.63) is 70.2 Å². The minimum atomic E-state index is -0.665. The van der Waals surface area contributed by atoms with Crippen LogP contribution in [0.3, 0.4) is 0 Å². The fraction of sp³-hybridized carbons (Fsp3) is 0.125. The van der Waals surface area contributed by atoms with Crippen LogP contribution >= 0.6 is 11.3 Å². The number of benzene rings is 2. The Kier molecular flexibility index (Phi) is 6.38. The molecule has 0 aliphatic carbocycles. The van der Waals surface area contributed by atoms with E-state index in [4.69, 9.17) is 9.47 Å². The number of anilines is 1. The zero-order chi connectivity index (χ0) is 24.2. The first-order chi connectivity index (χ1) is 16.5. The van der Waals surface area contributed by atoms with Crippen LogP contribution in [0.2, 0.25) is 0 Å². The molecule has 2 aromatic heterocycles. The average molecular weight is 474 g/mol. The molecule has 0 unspecified atom stereocenters. The summed E-state index contributed by atoms with van der Waals surface area (Å²) in [6.07, 6.45) is 1.50. The summed E-state index contributed by atoms with van der Waals surface area (Å²) in [5.74, 6) is -0.497. The van der Waals surface area contributed by atoms with Crippen molar-refractivity contribution >= 4 is 28.2 Å². The monoisotopic (exact) mass is 473 g/mol. The number of aromatic amines is 1. The van der Waals surface area contributed by atoms with E-state index in [0.717, 1.165) is 16.0 Å². The third kappa shape index (κ3) is 4.24. The molecule has 0 aliphatic heterocycles. The van der Waals surface area contributed by atoms with Crippen LogP contribution in [0.5, 0.6) is 5.75 Å². The van der Waals surface area contributed by atoms with E-state index >= 15 is 0 Å². The number of hydrogen-bond acceptors (Lipinski definition) is 8. The van der Waals surface area contributed by atoms with Gasteiger partial charge in [-0.1, -0.05) is 23.4 Å². The molecule has 0 bridgehead atoms. The number of nitrogens with zero attached hydrogens (tertiary/aromatic N) is 3. The molecule has 0 aliphatic rings. The highest BCUT2D eigenvalue weighted by molar-refractivity contribution is 7.17. The van der Waals surface area contributed by atoms with E-state index in [-0.39, 0.29) is 11.1 Å². The van der Waals surface area contributed by atoms with Gasteiger partial charge in [0.05, 0.1) is 42.8 Å². The molecule has 0 fully saturated rings. The fourth-order valence-electron chi connectivity index (χ4n) is 3.54. The smallest absolute Gasteiger partial charge is 0.338 e. The van der Waals surface area contributed by atoms with Crippen LogP contribution in [-0.2, 0) is 4.74 Å². The van der Waals surface area contributed by atoms with E-state index in [1.807, 2.05) is 31.2 Å². The van der Waals surface area contributed by atoms with Crippen LogP contribution < -0.4 is 10.1 Å². The SMILES string of the molecule is COC(=O)c1cc(-c2cnn[nH]2)ccc1C(=O)Nc1sc(C)c(-c2ccc(OC)cc2)c1C#N. The number of rotatable bonds is 6. The van der Waals surface area contributed by atoms with Crippen molar-refractivity contribution in [2.24, 2.45) is 0 Å². The van der Waals surface area contributed by atoms with Gasteiger partial charge in [-0.05, 0) is 36.8 Å². The van der Waals surface area contributed by atoms with Crippen LogP contribution in [0.4, 0.5) is 5.00 Å². The highest BCUT2D eigenvalue weighted by atomic mass is 32.1. The second kappa shape index (κ2) is 9.56. The van der Waals surface area contributed by atoms with E-state index < -0.39 is 11.9 Å². The van der Waals surface area contributed by atoms with E-state index in [1.54, 1.807) is 13.2 Å². The predicted molar refractivity (Wildman–Crippen MR) is 127 cm³/mol. The van der Waals surface area contributed by atoms with Crippen LogP contribution in [-0.4, -0.2) is 41.5 Å². The standard InChI is InChI=1S/C24H19N5O4S/c1-13-21(14-4-7-16(32-2)8-5-14)19(11-25)23(34-13)27-22(30)17-9-6-15(20-12-26-29-28-20)10-18(17)24(31)33-3/h4-10,12H,1-3H3,(H,27,30)(H,26,28,29). The Hall–Kier alpha value is -4.49. The van der Waals surface area contributed by atoms with Gasteiger partial charge in [-0.15, -0.1) is 16.4 Å². The van der Waals surface area contributed by atoms with Gasteiger partial charge in [0, 0.05) is 16.0 Å². The number of carbonyl (C=O) groups excluding carboxylic acids is 2. The summed E-state index contributed by atoms with van der Waals surface area (Å²) in [6.45, 7) is 1.88. The Morgan fingerprint density at radius 1 is 1.09 bits per heavy atom. The van der Waals surface area contributed by atoms with Gasteiger partial charge in [0.15, 0.2) is 0 Å². The molecule has 10 heteroatoms. The Balaban J connectivity index is 1.70. The lowest BCUT2D eigenvalue weighted by Crippen LogP contribution is -2.17. The molecule has 9 nitrogen and oxygen atoms in total. The highest BCUT2D eigenvalue weighted by Gasteiger charge is 2.23. The minimum absolute atomic E-state index is 0.0780. The fourth-order valence-corrected chi connectivity index (χ4v) is 4.56. The van der Waals surface area contributed by atoms with Crippen molar-refractivity contribution in [1.29, 1.82) is 5.26 Å². The molecule has 34 heavy (non-hydrogen) atoms. The molecule has 0 spiro atoms. The van der Waals surface area contributed by atoms with Gasteiger partial charge in [0.2, 0.25) is 0 Å². The number of aromatic nitrogens is 3. The topological polar surface area (TPSA) is 130 Å². The van der Waals surface area contributed by atoms with Gasteiger partial charge < -0.3 is 14.8 Å². The number of carbonyl (C=O) groups is 2. The van der Waals surface area contributed by atoms with Crippen molar-refractivity contribution in [2.75, 3.05) is 19.5 Å². The Labute approximate surface area is 199 Å². The number of methoxy groups -OCH3 is 2. The number of nitriles is 1. The molecule has 0 atom stereocenters. The highest BCUT2D eigenvalue weighted by Crippen LogP contribution is 2.40. The average Bonchev–Trinajstić information content (AvgIpc) is 3.51. The van der Waals surface area contributed by atoms with Crippen LogP contribution in [0, 0.1) is 18.3 Å². The third-order valence-electron chi connectivity index (χ3n) is 5.20. The first-order valence-electron chi connectivity index (χ1n) is 10.0. The van der Waals surface area contributed by atoms with Crippen molar-refractivity contribution in [2.45, 2.75) is 6.92 Å². The van der Waals surface area contributed by atoms with Crippen molar-refractivity contribution in [3.63, 3.8) is 0 Å². The zero-order valence-corrected chi connectivity index (χ0v) is 19.3. The lowest BCUT2D eigenvalue weighted by Gasteiger charge is -2.10. The Bertz CT molecular complexity index is 1400. The van der Waals surface area contributed by atoms with E-state index in [2.05, 4.69) is 26.8 Å². The van der Waals surface area contributed by atoms with E-state index in [1.165, 1.54) is 36.8 Å². The van der Waals surface area contributed by atoms with Gasteiger partial charge in [-0.2, -0.15) is 5.26 Å². The first-order valence-corrected chi connectivity index (χ1v) is 10.9. The van der Waals surface area contributed by atoms with Crippen LogP contribution in [0.1, 0.15) is 31.2 Å². The summed E-state index contributed by atoms with van der Waals surface area (Å²) in [5.41, 5.74) is 3.31. The minimum Gasteiger partial charge on any atom is -0.497 e. The number of amides is 1. The molecule has 0 radical (unpaired) electrons. The van der Waals surface area contributed by atoms with Crippen molar-refractivity contribution < 1.29 is 19.1 Å². The third-order valence-corrected chi connectivity index (χ3v) is 6.22. The lowest BCUT2D eigenvalue weighted by atomic mass is 10.0. The predicted octanol–water partition coefficient (Wildman–Crippen LogP) is 4.43. The maximum Gasteiger partial charge on any atom is 0.338 e. The zero-order valence-electron chi connectivity index (χ0n) is 18.5. The molecule has 4 aromatic rings. The molecule has 2 N–H and O–H groups in total. The number of H-pyrrole nitrogens is 1. The number of esters is 1. The van der Waals surface area contributed by atoms with Crippen LogP contribution in [0.15, 0.2) is 48.7 Å². The van der Waals surface area contributed by atoms with Crippen molar-refractivity contribution in [3.8, 4) is 34.2 Å². The maximum atomic E-state index is 13.2. The molecule has 2 aromatic carbocycles. The van der Waals surface area contributed by atoms with Gasteiger partial charge in [0.1, 0.15) is 16.8 Å². The van der Waals surface area contributed by atoms with Gasteiger partial charge >= 0.3 is 5.97 Å². The van der Waals surface area contributed by atoms with Crippen molar-refractivity contribution in [1.82, 2.24) is 15.4 Å². The summed E-state index contributed by atoms with van der Waals surface area (Å²) in [4.78, 5) is 26.5. The quantitative estimate of drug-likeness (QED) is 0.396. The Morgan fingerprint density at radius 3 is 2.44 bits per heavy atom. The second-order valence-electron chi connectivity index (χ2n) is 7.15. The molecular formula is C24H19N5O4S. The molecule has 170 valence electrons. The summed E-state index contributed by atoms with van der Waals surface area (Å²) in [6, 6.07) is 14.3. The molecule has 1 amide bonds. The summed E-state index contributed by atoms with van der Waals surface area (Å²) in [7, 11) is 2.83.